The molecule has 0 radical (unpaired) electrons. The Hall–Kier alpha value is -1.46. The van der Waals surface area contributed by atoms with Gasteiger partial charge in [-0.3, -0.25) is 14.7 Å². The lowest BCUT2D eigenvalue weighted by Crippen LogP contribution is -2.48. The van der Waals surface area contributed by atoms with Crippen LogP contribution >= 0.6 is 0 Å². The number of ether oxygens (including phenoxy) is 1. The molecule has 1 aromatic rings. The van der Waals surface area contributed by atoms with Crippen molar-refractivity contribution in [3.8, 4) is 0 Å². The van der Waals surface area contributed by atoms with Crippen molar-refractivity contribution in [1.29, 1.82) is 0 Å². The number of hydrogen-bond donors (Lipinski definition) is 0. The third kappa shape index (κ3) is 4.77. The van der Waals surface area contributed by atoms with Crippen molar-refractivity contribution in [2.75, 3.05) is 26.7 Å². The largest absolute Gasteiger partial charge is 0.368 e. The number of carbonyl (C=O) groups excluding carboxylic acids is 1. The molecule has 0 unspecified atom stereocenters. The summed E-state index contributed by atoms with van der Waals surface area (Å²) in [6.45, 7) is 5.66. The first-order valence-electron chi connectivity index (χ1n) is 9.13. The number of hydrogen-bond acceptors (Lipinski definition) is 4. The predicted octanol–water partition coefficient (Wildman–Crippen LogP) is 2.32. The molecule has 0 bridgehead atoms. The number of rotatable bonds is 7. The van der Waals surface area contributed by atoms with E-state index < -0.39 is 0 Å². The zero-order valence-electron chi connectivity index (χ0n) is 14.9. The summed E-state index contributed by atoms with van der Waals surface area (Å²) in [6, 6.07) is 4.47. The molecule has 1 amide bonds. The third-order valence-corrected chi connectivity index (χ3v) is 5.23. The van der Waals surface area contributed by atoms with Gasteiger partial charge in [-0.2, -0.15) is 0 Å². The molecule has 0 spiro atoms. The van der Waals surface area contributed by atoms with Crippen LogP contribution in [0.15, 0.2) is 24.5 Å². The number of aromatic nitrogens is 1. The van der Waals surface area contributed by atoms with Crippen LogP contribution < -0.4 is 0 Å². The highest BCUT2D eigenvalue weighted by Crippen LogP contribution is 2.29. The third-order valence-electron chi connectivity index (χ3n) is 5.23. The smallest absolute Gasteiger partial charge is 0.251 e. The fourth-order valence-corrected chi connectivity index (χ4v) is 3.31. The Morgan fingerprint density at radius 2 is 1.96 bits per heavy atom. The fraction of sp³-hybridized carbons (Fsp3) is 0.684. The van der Waals surface area contributed by atoms with Gasteiger partial charge >= 0.3 is 0 Å². The Morgan fingerprint density at radius 1 is 1.29 bits per heavy atom. The summed E-state index contributed by atoms with van der Waals surface area (Å²) in [5.41, 5.74) is 1.30. The van der Waals surface area contributed by atoms with E-state index in [4.69, 9.17) is 4.74 Å². The van der Waals surface area contributed by atoms with Crippen LogP contribution in [-0.4, -0.2) is 59.6 Å². The average molecular weight is 331 g/mol. The van der Waals surface area contributed by atoms with Crippen LogP contribution in [-0.2, 0) is 16.1 Å². The summed E-state index contributed by atoms with van der Waals surface area (Å²) in [4.78, 5) is 21.0. The highest BCUT2D eigenvalue weighted by Gasteiger charge is 2.29. The Kier molecular flexibility index (Phi) is 5.85. The molecule has 3 rings (SSSR count). The van der Waals surface area contributed by atoms with Gasteiger partial charge in [-0.05, 0) is 56.2 Å². The van der Waals surface area contributed by atoms with Gasteiger partial charge in [0.15, 0.2) is 0 Å². The molecule has 5 heteroatoms. The Bertz CT molecular complexity index is 525. The van der Waals surface area contributed by atoms with Gasteiger partial charge in [-0.15, -0.1) is 0 Å². The number of amides is 1. The molecule has 0 N–H and O–H groups in total. The summed E-state index contributed by atoms with van der Waals surface area (Å²) < 4.78 is 5.73. The van der Waals surface area contributed by atoms with Crippen molar-refractivity contribution in [2.24, 2.45) is 5.92 Å². The Balaban J connectivity index is 1.42. The van der Waals surface area contributed by atoms with Gasteiger partial charge in [0, 0.05) is 45.1 Å². The second kappa shape index (κ2) is 8.08. The molecular formula is C19H29N3O2. The van der Waals surface area contributed by atoms with E-state index >= 15 is 0 Å². The molecule has 0 aromatic carbocycles. The molecule has 1 aromatic heterocycles. The fourth-order valence-electron chi connectivity index (χ4n) is 3.31. The van der Waals surface area contributed by atoms with Gasteiger partial charge in [0.2, 0.25) is 0 Å². The average Bonchev–Trinajstić information content (AvgIpc) is 3.44. The maximum Gasteiger partial charge on any atom is 0.251 e. The predicted molar refractivity (Wildman–Crippen MR) is 93.4 cm³/mol. The molecule has 1 atom stereocenters. The van der Waals surface area contributed by atoms with E-state index in [1.54, 1.807) is 0 Å². The van der Waals surface area contributed by atoms with E-state index in [-0.39, 0.29) is 12.0 Å². The second-order valence-electron chi connectivity index (χ2n) is 7.23. The van der Waals surface area contributed by atoms with Crippen LogP contribution in [0.1, 0.15) is 38.2 Å². The quantitative estimate of drug-likeness (QED) is 0.769. The van der Waals surface area contributed by atoms with Gasteiger partial charge in [-0.1, -0.05) is 0 Å². The number of pyridine rings is 1. The van der Waals surface area contributed by atoms with E-state index in [0.29, 0.717) is 12.0 Å². The first-order chi connectivity index (χ1) is 11.6. The summed E-state index contributed by atoms with van der Waals surface area (Å²) in [7, 11) is 1.93. The Labute approximate surface area is 145 Å². The van der Waals surface area contributed by atoms with Gasteiger partial charge in [-0.25, -0.2) is 0 Å². The van der Waals surface area contributed by atoms with Crippen molar-refractivity contribution in [3.05, 3.63) is 30.1 Å². The van der Waals surface area contributed by atoms with Crippen LogP contribution in [0.5, 0.6) is 0 Å². The molecule has 1 saturated heterocycles. The molecule has 2 aliphatic rings. The van der Waals surface area contributed by atoms with Crippen LogP contribution in [0, 0.1) is 5.92 Å². The summed E-state index contributed by atoms with van der Waals surface area (Å²) in [6.07, 6.45) is 7.95. The van der Waals surface area contributed by atoms with Gasteiger partial charge < -0.3 is 9.64 Å². The monoisotopic (exact) mass is 331 g/mol. The highest BCUT2D eigenvalue weighted by molar-refractivity contribution is 5.80. The zero-order valence-corrected chi connectivity index (χ0v) is 14.9. The van der Waals surface area contributed by atoms with Crippen LogP contribution in [0.2, 0.25) is 0 Å². The first-order valence-corrected chi connectivity index (χ1v) is 9.13. The minimum absolute atomic E-state index is 0.128. The molecule has 2 heterocycles. The van der Waals surface area contributed by atoms with E-state index in [1.165, 1.54) is 18.4 Å². The summed E-state index contributed by atoms with van der Waals surface area (Å²) in [5, 5.41) is 0. The van der Waals surface area contributed by atoms with Gasteiger partial charge in [0.25, 0.3) is 5.91 Å². The number of likely N-dealkylation sites (tertiary alicyclic amines) is 1. The standard InChI is InChI=1S/C19H29N3O2/c1-15(24-14-17-3-4-17)19(23)21(2)18-7-11-22(12-8-18)13-16-5-9-20-10-6-16/h5-6,9-10,15,17-18H,3-4,7-8,11-14H2,1-2H3/t15-/m1/s1. The van der Waals surface area contributed by atoms with Crippen molar-refractivity contribution in [2.45, 2.75) is 51.3 Å². The van der Waals surface area contributed by atoms with E-state index in [0.717, 1.165) is 39.1 Å². The molecule has 132 valence electrons. The summed E-state index contributed by atoms with van der Waals surface area (Å²) >= 11 is 0. The lowest BCUT2D eigenvalue weighted by atomic mass is 10.0. The van der Waals surface area contributed by atoms with Crippen LogP contribution in [0.25, 0.3) is 0 Å². The van der Waals surface area contributed by atoms with E-state index in [2.05, 4.69) is 22.0 Å². The van der Waals surface area contributed by atoms with Crippen LogP contribution in [0.4, 0.5) is 0 Å². The van der Waals surface area contributed by atoms with Crippen molar-refractivity contribution in [1.82, 2.24) is 14.8 Å². The Morgan fingerprint density at radius 3 is 2.58 bits per heavy atom. The minimum Gasteiger partial charge on any atom is -0.368 e. The maximum atomic E-state index is 12.5. The topological polar surface area (TPSA) is 45.7 Å². The lowest BCUT2D eigenvalue weighted by Gasteiger charge is -2.37. The molecule has 1 aliphatic carbocycles. The molecular weight excluding hydrogens is 302 g/mol. The van der Waals surface area contributed by atoms with Gasteiger partial charge in [0.1, 0.15) is 6.10 Å². The van der Waals surface area contributed by atoms with E-state index in [1.807, 2.05) is 31.3 Å². The van der Waals surface area contributed by atoms with E-state index in [9.17, 15) is 4.79 Å². The number of likely N-dealkylation sites (N-methyl/N-ethyl adjacent to an activating group) is 1. The second-order valence-corrected chi connectivity index (χ2v) is 7.23. The molecule has 5 nitrogen and oxygen atoms in total. The highest BCUT2D eigenvalue weighted by atomic mass is 16.5. The minimum atomic E-state index is -0.314. The normalized spacial score (nSPS) is 20.8. The summed E-state index contributed by atoms with van der Waals surface area (Å²) in [5.74, 6) is 0.824. The SMILES string of the molecule is C[C@@H](OCC1CC1)C(=O)N(C)C1CCN(Cc2ccncc2)CC1. The molecule has 2 fully saturated rings. The number of carbonyl (C=O) groups is 1. The van der Waals surface area contributed by atoms with Crippen molar-refractivity contribution in [3.63, 3.8) is 0 Å². The number of nitrogens with zero attached hydrogens (tertiary/aromatic N) is 3. The lowest BCUT2D eigenvalue weighted by molar-refractivity contribution is -0.144. The first kappa shape index (κ1) is 17.4. The van der Waals surface area contributed by atoms with Crippen molar-refractivity contribution < 1.29 is 9.53 Å². The van der Waals surface area contributed by atoms with Crippen LogP contribution in [0.3, 0.4) is 0 Å². The number of piperidine rings is 1. The van der Waals surface area contributed by atoms with Crippen molar-refractivity contribution >= 4 is 5.91 Å². The maximum absolute atomic E-state index is 12.5. The zero-order chi connectivity index (χ0) is 16.9. The molecule has 1 saturated carbocycles. The molecule has 24 heavy (non-hydrogen) atoms. The van der Waals surface area contributed by atoms with Gasteiger partial charge in [0.05, 0.1) is 6.61 Å². The molecule has 1 aliphatic heterocycles.